The van der Waals surface area contributed by atoms with Crippen LogP contribution in [0.25, 0.3) is 0 Å². The van der Waals surface area contributed by atoms with E-state index in [2.05, 4.69) is 11.9 Å². The quantitative estimate of drug-likeness (QED) is 0.231. The second-order valence-electron chi connectivity index (χ2n) is 11.9. The van der Waals surface area contributed by atoms with Gasteiger partial charge in [-0.3, -0.25) is 14.4 Å². The highest BCUT2D eigenvalue weighted by atomic mass is 16.5. The summed E-state index contributed by atoms with van der Waals surface area (Å²) < 4.78 is 10.1. The first-order valence-corrected chi connectivity index (χ1v) is 15.3. The predicted octanol–water partition coefficient (Wildman–Crippen LogP) is 5.38. The second-order valence-corrected chi connectivity index (χ2v) is 11.9. The molecular formula is C36H36N4O6. The van der Waals surface area contributed by atoms with Crippen molar-refractivity contribution in [3.8, 4) is 0 Å². The lowest BCUT2D eigenvalue weighted by molar-refractivity contribution is -0.146. The number of ketones is 1. The number of nitrogens with zero attached hydrogens (tertiary/aromatic N) is 3. The largest absolute Gasteiger partial charge is 0.515 e. The number of hydrogen-bond acceptors (Lipinski definition) is 10. The highest BCUT2D eigenvalue weighted by Crippen LogP contribution is 2.47. The van der Waals surface area contributed by atoms with Crippen LogP contribution >= 0.6 is 0 Å². The molecule has 0 aromatic heterocycles. The summed E-state index contributed by atoms with van der Waals surface area (Å²) in [5.41, 5.74) is 9.56. The zero-order valence-corrected chi connectivity index (χ0v) is 26.8. The fraction of sp³-hybridized carbons (Fsp3) is 0.333. The number of esters is 2. The van der Waals surface area contributed by atoms with Gasteiger partial charge in [-0.25, -0.2) is 15.0 Å². The molecule has 1 unspecified atom stereocenters. The van der Waals surface area contributed by atoms with E-state index in [1.165, 1.54) is 14.2 Å². The van der Waals surface area contributed by atoms with Crippen LogP contribution in [0.15, 0.2) is 120 Å². The Hall–Kier alpha value is -5.12. The van der Waals surface area contributed by atoms with Crippen LogP contribution in [0.2, 0.25) is 0 Å². The first-order chi connectivity index (χ1) is 22.1. The van der Waals surface area contributed by atoms with Crippen molar-refractivity contribution in [3.63, 3.8) is 0 Å². The van der Waals surface area contributed by atoms with E-state index in [-0.39, 0.29) is 30.0 Å². The lowest BCUT2D eigenvalue weighted by Crippen LogP contribution is -2.26. The van der Waals surface area contributed by atoms with Crippen molar-refractivity contribution >= 4 is 34.9 Å². The first kappa shape index (κ1) is 30.9. The number of rotatable bonds is 6. The summed E-state index contributed by atoms with van der Waals surface area (Å²) in [5.74, 6) is -3.02. The van der Waals surface area contributed by atoms with Crippen LogP contribution in [-0.4, -0.2) is 54.2 Å². The van der Waals surface area contributed by atoms with Crippen molar-refractivity contribution in [1.29, 1.82) is 0 Å². The zero-order chi connectivity index (χ0) is 33.0. The van der Waals surface area contributed by atoms with Crippen LogP contribution < -0.4 is 5.32 Å². The molecule has 1 aliphatic carbocycles. The lowest BCUT2D eigenvalue weighted by atomic mass is 9.85. The number of allylic oxidation sites excluding steroid dienone is 11. The van der Waals surface area contributed by atoms with Crippen molar-refractivity contribution in [2.45, 2.75) is 47.0 Å². The van der Waals surface area contributed by atoms with Gasteiger partial charge >= 0.3 is 11.9 Å². The van der Waals surface area contributed by atoms with Gasteiger partial charge in [0.1, 0.15) is 5.92 Å². The van der Waals surface area contributed by atoms with Gasteiger partial charge in [0.2, 0.25) is 0 Å². The van der Waals surface area contributed by atoms with Crippen molar-refractivity contribution in [2.24, 2.45) is 32.7 Å². The number of aliphatic hydroxyl groups is 1. The smallest absolute Gasteiger partial charge is 0.321 e. The Labute approximate surface area is 267 Å². The molecule has 0 aromatic carbocycles. The molecule has 10 nitrogen and oxygen atoms in total. The minimum atomic E-state index is -1.21. The van der Waals surface area contributed by atoms with Gasteiger partial charge in [-0.05, 0) is 61.6 Å². The molecule has 1 saturated carbocycles. The summed E-state index contributed by atoms with van der Waals surface area (Å²) in [6, 6.07) is 0. The predicted molar refractivity (Wildman–Crippen MR) is 175 cm³/mol. The number of aliphatic hydroxyl groups excluding tert-OH is 1. The monoisotopic (exact) mass is 620 g/mol. The van der Waals surface area contributed by atoms with Gasteiger partial charge in [-0.15, -0.1) is 0 Å². The van der Waals surface area contributed by atoms with E-state index in [0.29, 0.717) is 75.1 Å². The van der Waals surface area contributed by atoms with Gasteiger partial charge < -0.3 is 19.9 Å². The first-order valence-electron chi connectivity index (χ1n) is 15.3. The van der Waals surface area contributed by atoms with Crippen molar-refractivity contribution < 1.29 is 29.0 Å². The minimum Gasteiger partial charge on any atom is -0.515 e. The van der Waals surface area contributed by atoms with E-state index in [9.17, 15) is 19.5 Å². The van der Waals surface area contributed by atoms with Crippen LogP contribution in [0.3, 0.4) is 0 Å². The second kappa shape index (κ2) is 11.7. The molecule has 3 atom stereocenters. The summed E-state index contributed by atoms with van der Waals surface area (Å²) in [6.07, 6.45) is 9.59. The summed E-state index contributed by atoms with van der Waals surface area (Å²) in [5, 5.41) is 13.9. The molecule has 46 heavy (non-hydrogen) atoms. The minimum absolute atomic E-state index is 0.139. The maximum atomic E-state index is 14.1. The van der Waals surface area contributed by atoms with E-state index in [4.69, 9.17) is 24.5 Å². The molecule has 0 radical (unpaired) electrons. The van der Waals surface area contributed by atoms with E-state index in [1.54, 1.807) is 6.08 Å². The van der Waals surface area contributed by atoms with Crippen molar-refractivity contribution in [3.05, 3.63) is 105 Å². The molecule has 1 saturated heterocycles. The number of ether oxygens (including phenoxy) is 2. The number of nitrogens with one attached hydrogen (secondary N) is 1. The third kappa shape index (κ3) is 4.62. The van der Waals surface area contributed by atoms with Crippen LogP contribution in [0, 0.1) is 17.8 Å². The Balaban J connectivity index is 1.67. The number of carbonyl (C=O) groups excluding carboxylic acids is 3. The summed E-state index contributed by atoms with van der Waals surface area (Å²) >= 11 is 0. The van der Waals surface area contributed by atoms with Gasteiger partial charge in [0, 0.05) is 51.9 Å². The number of fused-ring (bicyclic) bond motifs is 5. The number of Topliss-reactive ketones (excluding diaryl/α,β-unsaturated/α-hetero) is 1. The van der Waals surface area contributed by atoms with Crippen LogP contribution in [0.1, 0.15) is 47.0 Å². The van der Waals surface area contributed by atoms with Gasteiger partial charge in [-0.1, -0.05) is 26.5 Å². The number of aliphatic imine (C=N–C) groups is 3. The van der Waals surface area contributed by atoms with E-state index in [1.807, 2.05) is 45.9 Å². The number of carbonyl (C=O) groups is 3. The summed E-state index contributed by atoms with van der Waals surface area (Å²) in [6.45, 7) is 11.8. The van der Waals surface area contributed by atoms with Gasteiger partial charge in [0.25, 0.3) is 0 Å². The number of hydrogen-bond donors (Lipinski definition) is 2. The molecule has 8 bridgehead atoms. The average Bonchev–Trinajstić information content (AvgIpc) is 3.79. The lowest BCUT2D eigenvalue weighted by Gasteiger charge is -2.19. The average molecular weight is 621 g/mol. The van der Waals surface area contributed by atoms with E-state index < -0.39 is 11.9 Å². The Kier molecular flexibility index (Phi) is 7.83. The zero-order valence-electron chi connectivity index (χ0n) is 26.8. The molecule has 10 heteroatoms. The van der Waals surface area contributed by atoms with Gasteiger partial charge in [0.15, 0.2) is 5.78 Å². The molecule has 6 aliphatic rings. The molecule has 5 heterocycles. The highest BCUT2D eigenvalue weighted by Gasteiger charge is 2.51. The normalized spacial score (nSPS) is 25.8. The Morgan fingerprint density at radius 3 is 2.46 bits per heavy atom. The highest BCUT2D eigenvalue weighted by molar-refractivity contribution is 6.42. The Morgan fingerprint density at radius 1 is 1.04 bits per heavy atom. The van der Waals surface area contributed by atoms with Gasteiger partial charge in [-0.2, -0.15) is 0 Å². The molecule has 6 rings (SSSR count). The SMILES string of the molecule is C=CC1=C(C)C2=NC1=CC1=NC(=C(CC)/C1=C\O)C=C1N=C3C(=C1C)C(=O)C(C(=O)OC)C3=C1NC(=C2)[C@@H](C)[C@@H]1CCC(=O)OC. The van der Waals surface area contributed by atoms with Crippen LogP contribution in [0.4, 0.5) is 0 Å². The maximum absolute atomic E-state index is 14.1. The maximum Gasteiger partial charge on any atom is 0.321 e. The molecule has 0 amide bonds. The molecular weight excluding hydrogens is 584 g/mol. The van der Waals surface area contributed by atoms with Gasteiger partial charge in [0.05, 0.1) is 54.7 Å². The molecule has 0 spiro atoms. The molecule has 5 aliphatic heterocycles. The van der Waals surface area contributed by atoms with Crippen molar-refractivity contribution in [1.82, 2.24) is 5.32 Å². The van der Waals surface area contributed by atoms with E-state index in [0.717, 1.165) is 28.7 Å². The fourth-order valence-corrected chi connectivity index (χ4v) is 7.09. The molecule has 0 aromatic rings. The summed E-state index contributed by atoms with van der Waals surface area (Å²) in [4.78, 5) is 54.5. The van der Waals surface area contributed by atoms with Crippen LogP contribution in [-0.2, 0) is 23.9 Å². The Bertz CT molecular complexity index is 1880. The fourth-order valence-electron chi connectivity index (χ4n) is 7.09. The van der Waals surface area contributed by atoms with Crippen molar-refractivity contribution in [2.75, 3.05) is 14.2 Å². The standard InChI is InChI=1S/C36H36N4O6/c1-8-19-16(3)23-12-24-17(4)21(10-11-29(42)45-6)33(39-24)31-32(36(44)46-7)35(43)30-18(5)25(40-34(30)31)13-27-20(9-2)22(15-41)28(38-27)14-26(19)37-23/h8,12-15,17,21,32,39,41H,1,9-11H2,2-7H3/b22-15+,24-12?,25-13?,26-14?,33-31?/t17-,21-,32?/m0/s1. The molecule has 2 fully saturated rings. The molecule has 236 valence electrons. The van der Waals surface area contributed by atoms with E-state index >= 15 is 0 Å². The summed E-state index contributed by atoms with van der Waals surface area (Å²) in [7, 11) is 2.62. The van der Waals surface area contributed by atoms with Crippen LogP contribution in [0.5, 0.6) is 0 Å². The number of methoxy groups -OCH3 is 2. The third-order valence-corrected chi connectivity index (χ3v) is 9.62. The Morgan fingerprint density at radius 2 is 1.80 bits per heavy atom. The third-order valence-electron chi connectivity index (χ3n) is 9.62. The molecule has 2 N–H and O–H groups in total. The topological polar surface area (TPSA) is 139 Å².